The SMILES string of the molecule is O=C(NCCN(C(=O)C1CC1)C1CCOCC1)c1cccc2[nH]ccc12. The average molecular weight is 355 g/mol. The molecule has 2 fully saturated rings. The first kappa shape index (κ1) is 17.1. The second-order valence-electron chi connectivity index (χ2n) is 7.15. The van der Waals surface area contributed by atoms with Crippen LogP contribution in [0.1, 0.15) is 36.0 Å². The van der Waals surface area contributed by atoms with Gasteiger partial charge in [0.15, 0.2) is 0 Å². The Morgan fingerprint density at radius 2 is 1.96 bits per heavy atom. The molecule has 0 bridgehead atoms. The van der Waals surface area contributed by atoms with Crippen LogP contribution < -0.4 is 5.32 Å². The quantitative estimate of drug-likeness (QED) is 0.835. The maximum atomic E-state index is 12.7. The van der Waals surface area contributed by atoms with Gasteiger partial charge in [-0.05, 0) is 43.9 Å². The number of aromatic amines is 1. The Balaban J connectivity index is 1.38. The summed E-state index contributed by atoms with van der Waals surface area (Å²) in [5.41, 5.74) is 1.61. The van der Waals surface area contributed by atoms with Crippen molar-refractivity contribution >= 4 is 22.7 Å². The van der Waals surface area contributed by atoms with Crippen molar-refractivity contribution in [1.82, 2.24) is 15.2 Å². The van der Waals surface area contributed by atoms with Gasteiger partial charge in [-0.25, -0.2) is 0 Å². The van der Waals surface area contributed by atoms with Gasteiger partial charge in [0.1, 0.15) is 0 Å². The van der Waals surface area contributed by atoms with E-state index in [1.807, 2.05) is 35.4 Å². The summed E-state index contributed by atoms with van der Waals surface area (Å²) in [5, 5.41) is 3.90. The van der Waals surface area contributed by atoms with E-state index in [1.165, 1.54) is 0 Å². The van der Waals surface area contributed by atoms with Crippen LogP contribution in [0.25, 0.3) is 10.9 Å². The largest absolute Gasteiger partial charge is 0.381 e. The van der Waals surface area contributed by atoms with E-state index in [1.54, 1.807) is 0 Å². The van der Waals surface area contributed by atoms with Crippen LogP contribution in [0.4, 0.5) is 0 Å². The Hall–Kier alpha value is -2.34. The van der Waals surface area contributed by atoms with Crippen molar-refractivity contribution in [2.75, 3.05) is 26.3 Å². The van der Waals surface area contributed by atoms with Gasteiger partial charge >= 0.3 is 0 Å². The molecule has 138 valence electrons. The summed E-state index contributed by atoms with van der Waals surface area (Å²) in [4.78, 5) is 30.3. The molecule has 0 spiro atoms. The molecule has 2 aromatic rings. The van der Waals surface area contributed by atoms with E-state index in [2.05, 4.69) is 10.3 Å². The van der Waals surface area contributed by atoms with Gasteiger partial charge in [0.05, 0.1) is 0 Å². The van der Waals surface area contributed by atoms with E-state index >= 15 is 0 Å². The number of ether oxygens (including phenoxy) is 1. The summed E-state index contributed by atoms with van der Waals surface area (Å²) in [7, 11) is 0. The van der Waals surface area contributed by atoms with Gasteiger partial charge in [-0.3, -0.25) is 9.59 Å². The minimum Gasteiger partial charge on any atom is -0.381 e. The molecule has 1 aliphatic carbocycles. The molecule has 1 saturated carbocycles. The molecule has 0 atom stereocenters. The number of carbonyl (C=O) groups excluding carboxylic acids is 2. The average Bonchev–Trinajstić information content (AvgIpc) is 3.42. The fraction of sp³-hybridized carbons (Fsp3) is 0.500. The summed E-state index contributed by atoms with van der Waals surface area (Å²) in [6.07, 6.45) is 5.60. The van der Waals surface area contributed by atoms with Gasteiger partial charge in [-0.2, -0.15) is 0 Å². The van der Waals surface area contributed by atoms with E-state index in [-0.39, 0.29) is 23.8 Å². The number of hydrogen-bond acceptors (Lipinski definition) is 3. The van der Waals surface area contributed by atoms with Crippen molar-refractivity contribution in [3.63, 3.8) is 0 Å². The van der Waals surface area contributed by atoms with Crippen LogP contribution in [0.2, 0.25) is 0 Å². The van der Waals surface area contributed by atoms with E-state index in [4.69, 9.17) is 4.74 Å². The molecule has 1 aromatic heterocycles. The zero-order valence-corrected chi connectivity index (χ0v) is 14.9. The first-order valence-corrected chi connectivity index (χ1v) is 9.46. The molecule has 6 nitrogen and oxygen atoms in total. The van der Waals surface area contributed by atoms with E-state index in [9.17, 15) is 9.59 Å². The lowest BCUT2D eigenvalue weighted by molar-refractivity contribution is -0.136. The number of hydrogen-bond donors (Lipinski definition) is 2. The van der Waals surface area contributed by atoms with Gasteiger partial charge in [-0.15, -0.1) is 0 Å². The lowest BCUT2D eigenvalue weighted by Gasteiger charge is -2.34. The highest BCUT2D eigenvalue weighted by molar-refractivity contribution is 6.06. The lowest BCUT2D eigenvalue weighted by atomic mass is 10.1. The number of aromatic nitrogens is 1. The fourth-order valence-corrected chi connectivity index (χ4v) is 3.70. The molecule has 2 aliphatic rings. The minimum atomic E-state index is -0.0963. The predicted molar refractivity (Wildman–Crippen MR) is 98.9 cm³/mol. The molecule has 2 N–H and O–H groups in total. The number of nitrogens with zero attached hydrogens (tertiary/aromatic N) is 1. The number of nitrogens with one attached hydrogen (secondary N) is 2. The van der Waals surface area contributed by atoms with Gasteiger partial charge in [0.25, 0.3) is 5.91 Å². The molecule has 1 aromatic carbocycles. The van der Waals surface area contributed by atoms with Crippen LogP contribution in [-0.2, 0) is 9.53 Å². The number of benzene rings is 1. The van der Waals surface area contributed by atoms with Gasteiger partial charge in [-0.1, -0.05) is 6.07 Å². The van der Waals surface area contributed by atoms with Crippen LogP contribution in [0.15, 0.2) is 30.5 Å². The molecule has 2 amide bonds. The van der Waals surface area contributed by atoms with Crippen molar-refractivity contribution in [3.05, 3.63) is 36.0 Å². The Kier molecular flexibility index (Phi) is 4.93. The number of H-pyrrole nitrogens is 1. The van der Waals surface area contributed by atoms with Gasteiger partial charge in [0, 0.05) is 60.9 Å². The predicted octanol–water partition coefficient (Wildman–Crippen LogP) is 2.32. The third-order valence-electron chi connectivity index (χ3n) is 5.32. The summed E-state index contributed by atoms with van der Waals surface area (Å²) in [5.74, 6) is 0.349. The molecule has 4 rings (SSSR count). The van der Waals surface area contributed by atoms with Crippen molar-refractivity contribution in [1.29, 1.82) is 0 Å². The first-order valence-electron chi connectivity index (χ1n) is 9.46. The molecule has 6 heteroatoms. The normalized spacial score (nSPS) is 18.0. The van der Waals surface area contributed by atoms with Gasteiger partial charge in [0.2, 0.25) is 5.91 Å². The standard InChI is InChI=1S/C20H25N3O3/c24-19(17-2-1-3-18-16(17)6-9-21-18)22-10-11-23(20(25)14-4-5-14)15-7-12-26-13-8-15/h1-3,6,9,14-15,21H,4-5,7-8,10-13H2,(H,22,24). The van der Waals surface area contributed by atoms with Crippen LogP contribution in [-0.4, -0.2) is 54.0 Å². The summed E-state index contributed by atoms with van der Waals surface area (Å²) in [6.45, 7) is 2.45. The lowest BCUT2D eigenvalue weighted by Crippen LogP contribution is -2.47. The molecule has 0 radical (unpaired) electrons. The Bertz CT molecular complexity index is 790. The third-order valence-corrected chi connectivity index (χ3v) is 5.32. The second-order valence-corrected chi connectivity index (χ2v) is 7.15. The molecule has 26 heavy (non-hydrogen) atoms. The second kappa shape index (κ2) is 7.50. The van der Waals surface area contributed by atoms with Crippen LogP contribution >= 0.6 is 0 Å². The number of carbonyl (C=O) groups is 2. The molecule has 1 saturated heterocycles. The smallest absolute Gasteiger partial charge is 0.252 e. The highest BCUT2D eigenvalue weighted by atomic mass is 16.5. The van der Waals surface area contributed by atoms with Crippen LogP contribution in [0, 0.1) is 5.92 Å². The number of amides is 2. The minimum absolute atomic E-state index is 0.0963. The van der Waals surface area contributed by atoms with E-state index in [0.717, 1.165) is 36.6 Å². The molecular weight excluding hydrogens is 330 g/mol. The fourth-order valence-electron chi connectivity index (χ4n) is 3.70. The molecule has 0 unspecified atom stereocenters. The Morgan fingerprint density at radius 1 is 1.15 bits per heavy atom. The highest BCUT2D eigenvalue weighted by Gasteiger charge is 2.36. The van der Waals surface area contributed by atoms with Crippen LogP contribution in [0.3, 0.4) is 0 Å². The molecular formula is C20H25N3O3. The topological polar surface area (TPSA) is 74.4 Å². The summed E-state index contributed by atoms with van der Waals surface area (Å²) in [6, 6.07) is 7.81. The maximum absolute atomic E-state index is 12.7. The zero-order valence-electron chi connectivity index (χ0n) is 14.9. The Morgan fingerprint density at radius 3 is 2.73 bits per heavy atom. The van der Waals surface area contributed by atoms with Crippen LogP contribution in [0.5, 0.6) is 0 Å². The Labute approximate surface area is 152 Å². The molecule has 1 aliphatic heterocycles. The third kappa shape index (κ3) is 3.60. The number of rotatable bonds is 6. The zero-order chi connectivity index (χ0) is 17.9. The summed E-state index contributed by atoms with van der Waals surface area (Å²) >= 11 is 0. The number of fused-ring (bicyclic) bond motifs is 1. The van der Waals surface area contributed by atoms with E-state index in [0.29, 0.717) is 31.9 Å². The monoisotopic (exact) mass is 355 g/mol. The first-order chi connectivity index (χ1) is 12.7. The van der Waals surface area contributed by atoms with Crippen molar-refractivity contribution in [3.8, 4) is 0 Å². The summed E-state index contributed by atoms with van der Waals surface area (Å²) < 4.78 is 5.43. The van der Waals surface area contributed by atoms with Gasteiger partial charge < -0.3 is 19.9 Å². The van der Waals surface area contributed by atoms with Crippen molar-refractivity contribution in [2.45, 2.75) is 31.7 Å². The van der Waals surface area contributed by atoms with E-state index < -0.39 is 0 Å². The maximum Gasteiger partial charge on any atom is 0.252 e. The van der Waals surface area contributed by atoms with Crippen molar-refractivity contribution in [2.24, 2.45) is 5.92 Å². The van der Waals surface area contributed by atoms with Crippen molar-refractivity contribution < 1.29 is 14.3 Å². The molecule has 2 heterocycles. The highest BCUT2D eigenvalue weighted by Crippen LogP contribution is 2.32.